The maximum absolute atomic E-state index is 13.2. The predicted octanol–water partition coefficient (Wildman–Crippen LogP) is 1.94. The van der Waals surface area contributed by atoms with E-state index in [1.165, 1.54) is 11.8 Å². The van der Waals surface area contributed by atoms with Crippen molar-refractivity contribution in [2.24, 2.45) is 5.92 Å². The molecule has 0 aromatic carbocycles. The Bertz CT molecular complexity index is 191. The average molecular weight is 210 g/mol. The molecule has 0 saturated carbocycles. The predicted molar refractivity (Wildman–Crippen MR) is 47.0 cm³/mol. The van der Waals surface area contributed by atoms with Crippen LogP contribution in [0, 0.1) is 5.92 Å². The summed E-state index contributed by atoms with van der Waals surface area (Å²) in [6, 6.07) is 0. The molecule has 1 aliphatic rings. The monoisotopic (exact) mass is 210 g/mol. The van der Waals surface area contributed by atoms with Crippen LogP contribution in [0.4, 0.5) is 8.78 Å². The quantitative estimate of drug-likeness (QED) is 0.651. The van der Waals surface area contributed by atoms with Crippen LogP contribution in [0.25, 0.3) is 0 Å². The van der Waals surface area contributed by atoms with Gasteiger partial charge in [0.2, 0.25) is 0 Å². The number of halogens is 2. The van der Waals surface area contributed by atoms with Crippen molar-refractivity contribution in [3.63, 3.8) is 0 Å². The topological polar surface area (TPSA) is 26.3 Å². The molecule has 1 heterocycles. The van der Waals surface area contributed by atoms with Crippen molar-refractivity contribution in [1.82, 2.24) is 0 Å². The van der Waals surface area contributed by atoms with Gasteiger partial charge in [-0.3, -0.25) is 0 Å². The van der Waals surface area contributed by atoms with E-state index in [-0.39, 0.29) is 0 Å². The zero-order chi connectivity index (χ0) is 9.90. The van der Waals surface area contributed by atoms with Crippen molar-refractivity contribution < 1.29 is 18.3 Å². The van der Waals surface area contributed by atoms with E-state index in [0.717, 1.165) is 19.3 Å². The summed E-state index contributed by atoms with van der Waals surface area (Å²) in [5.41, 5.74) is 0. The van der Waals surface area contributed by atoms with E-state index in [9.17, 15) is 13.6 Å². The zero-order valence-electron chi connectivity index (χ0n) is 7.39. The van der Waals surface area contributed by atoms with Crippen LogP contribution in [-0.4, -0.2) is 30.5 Å². The van der Waals surface area contributed by atoms with E-state index >= 15 is 0 Å². The first-order valence-electron chi connectivity index (χ1n) is 4.13. The Balaban J connectivity index is 2.60. The molecule has 0 N–H and O–H groups in total. The number of carbonyl (C=O) groups is 1. The molecule has 1 atom stereocenters. The average Bonchev–Trinajstić information content (AvgIpc) is 2.18. The summed E-state index contributed by atoms with van der Waals surface area (Å²) in [6.07, 6.45) is 1.16. The van der Waals surface area contributed by atoms with Crippen LogP contribution < -0.4 is 0 Å². The third-order valence-corrected chi connectivity index (χ3v) is 3.35. The summed E-state index contributed by atoms with van der Waals surface area (Å²) in [5.74, 6) is -4.29. The van der Waals surface area contributed by atoms with Gasteiger partial charge >= 0.3 is 11.9 Å². The van der Waals surface area contributed by atoms with Gasteiger partial charge in [-0.25, -0.2) is 4.79 Å². The van der Waals surface area contributed by atoms with Crippen LogP contribution in [0.5, 0.6) is 0 Å². The van der Waals surface area contributed by atoms with Crippen molar-refractivity contribution >= 4 is 17.7 Å². The van der Waals surface area contributed by atoms with Crippen LogP contribution in [0.15, 0.2) is 0 Å². The number of ether oxygens (including phenoxy) is 1. The highest BCUT2D eigenvalue weighted by molar-refractivity contribution is 7.99. The summed E-state index contributed by atoms with van der Waals surface area (Å²) >= 11 is 1.47. The van der Waals surface area contributed by atoms with E-state index in [2.05, 4.69) is 4.74 Å². The third-order valence-electron chi connectivity index (χ3n) is 2.13. The molecule has 0 amide bonds. The van der Waals surface area contributed by atoms with Crippen molar-refractivity contribution in [3.8, 4) is 0 Å². The Morgan fingerprint density at radius 1 is 1.62 bits per heavy atom. The Labute approximate surface area is 80.0 Å². The molecule has 1 saturated heterocycles. The summed E-state index contributed by atoms with van der Waals surface area (Å²) in [5, 5.41) is 0. The van der Waals surface area contributed by atoms with Gasteiger partial charge in [0.05, 0.1) is 7.11 Å². The van der Waals surface area contributed by atoms with E-state index in [1.807, 2.05) is 0 Å². The van der Waals surface area contributed by atoms with Gasteiger partial charge in [0.25, 0.3) is 0 Å². The summed E-state index contributed by atoms with van der Waals surface area (Å²) in [4.78, 5) is 10.8. The van der Waals surface area contributed by atoms with Gasteiger partial charge in [-0.1, -0.05) is 0 Å². The number of carbonyl (C=O) groups excluding carboxylic acids is 1. The number of hydrogen-bond donors (Lipinski definition) is 0. The molecule has 0 spiro atoms. The van der Waals surface area contributed by atoms with Crippen LogP contribution >= 0.6 is 11.8 Å². The molecule has 5 heteroatoms. The van der Waals surface area contributed by atoms with Gasteiger partial charge in [-0.15, -0.1) is 0 Å². The lowest BCUT2D eigenvalue weighted by Crippen LogP contribution is -2.40. The zero-order valence-corrected chi connectivity index (χ0v) is 8.20. The van der Waals surface area contributed by atoms with E-state index < -0.39 is 17.8 Å². The van der Waals surface area contributed by atoms with Gasteiger partial charge in [0.1, 0.15) is 0 Å². The maximum Gasteiger partial charge on any atom is 0.377 e. The van der Waals surface area contributed by atoms with Crippen molar-refractivity contribution in [3.05, 3.63) is 0 Å². The van der Waals surface area contributed by atoms with Crippen LogP contribution in [0.3, 0.4) is 0 Å². The number of rotatable bonds is 2. The fraction of sp³-hybridized carbons (Fsp3) is 0.875. The molecule has 0 bridgehead atoms. The van der Waals surface area contributed by atoms with Crippen LogP contribution in [0.2, 0.25) is 0 Å². The van der Waals surface area contributed by atoms with Crippen LogP contribution in [0.1, 0.15) is 12.8 Å². The minimum atomic E-state index is -3.30. The first kappa shape index (κ1) is 10.8. The number of esters is 1. The molecular formula is C8H12F2O2S. The van der Waals surface area contributed by atoms with Gasteiger partial charge in [0.15, 0.2) is 0 Å². The van der Waals surface area contributed by atoms with Crippen molar-refractivity contribution in [2.75, 3.05) is 18.6 Å². The number of thioether (sulfide) groups is 1. The molecule has 0 radical (unpaired) electrons. The fourth-order valence-corrected chi connectivity index (χ4v) is 2.53. The molecule has 1 aliphatic heterocycles. The highest BCUT2D eigenvalue weighted by atomic mass is 32.2. The first-order valence-corrected chi connectivity index (χ1v) is 5.28. The molecular weight excluding hydrogens is 198 g/mol. The summed E-state index contributed by atoms with van der Waals surface area (Å²) < 4.78 is 30.5. The second-order valence-corrected chi connectivity index (χ2v) is 4.18. The number of methoxy groups -OCH3 is 1. The number of hydrogen-bond acceptors (Lipinski definition) is 3. The Morgan fingerprint density at radius 2 is 2.31 bits per heavy atom. The lowest BCUT2D eigenvalue weighted by Gasteiger charge is -2.27. The lowest BCUT2D eigenvalue weighted by molar-refractivity contribution is -0.176. The highest BCUT2D eigenvalue weighted by Crippen LogP contribution is 2.35. The Hall–Kier alpha value is -0.320. The summed E-state index contributed by atoms with van der Waals surface area (Å²) in [7, 11) is 0.992. The van der Waals surface area contributed by atoms with Gasteiger partial charge in [0, 0.05) is 11.7 Å². The molecule has 13 heavy (non-hydrogen) atoms. The second-order valence-electron chi connectivity index (χ2n) is 3.03. The third kappa shape index (κ3) is 2.33. The Kier molecular flexibility index (Phi) is 3.53. The van der Waals surface area contributed by atoms with Gasteiger partial charge in [-0.2, -0.15) is 20.5 Å². The van der Waals surface area contributed by atoms with Crippen molar-refractivity contribution in [2.45, 2.75) is 18.8 Å². The van der Waals surface area contributed by atoms with E-state index in [1.54, 1.807) is 0 Å². The van der Waals surface area contributed by atoms with Gasteiger partial charge in [-0.05, 0) is 18.6 Å². The molecule has 0 aromatic heterocycles. The van der Waals surface area contributed by atoms with Crippen LogP contribution in [-0.2, 0) is 9.53 Å². The Morgan fingerprint density at radius 3 is 2.77 bits per heavy atom. The smallest absolute Gasteiger partial charge is 0.377 e. The maximum atomic E-state index is 13.2. The first-order chi connectivity index (χ1) is 6.09. The van der Waals surface area contributed by atoms with Gasteiger partial charge < -0.3 is 4.74 Å². The summed E-state index contributed by atoms with van der Waals surface area (Å²) in [6.45, 7) is 0. The molecule has 1 rings (SSSR count). The number of alkyl halides is 2. The normalized spacial score (nSPS) is 24.1. The molecule has 76 valence electrons. The highest BCUT2D eigenvalue weighted by Gasteiger charge is 2.48. The van der Waals surface area contributed by atoms with E-state index in [4.69, 9.17) is 0 Å². The minimum Gasteiger partial charge on any atom is -0.465 e. The van der Waals surface area contributed by atoms with Crippen molar-refractivity contribution in [1.29, 1.82) is 0 Å². The lowest BCUT2D eigenvalue weighted by atomic mass is 9.98. The molecule has 0 aliphatic carbocycles. The standard InChI is InChI=1S/C8H12F2O2S/c1-12-7(11)8(9,10)6-3-2-4-13-5-6/h6H,2-5H2,1H3. The minimum absolute atomic E-state index is 0.349. The molecule has 0 aromatic rings. The second kappa shape index (κ2) is 4.26. The fourth-order valence-electron chi connectivity index (χ4n) is 1.33. The largest absolute Gasteiger partial charge is 0.465 e. The van der Waals surface area contributed by atoms with E-state index in [0.29, 0.717) is 12.2 Å². The molecule has 2 nitrogen and oxygen atoms in total. The SMILES string of the molecule is COC(=O)C(F)(F)C1CCCSC1. The molecule has 1 unspecified atom stereocenters. The molecule has 1 fully saturated rings.